The third-order valence-corrected chi connectivity index (χ3v) is 5.55. The molecule has 0 atom stereocenters. The Hall–Kier alpha value is -2.77. The average Bonchev–Trinajstić information content (AvgIpc) is 3.13. The van der Waals surface area contributed by atoms with Gasteiger partial charge >= 0.3 is 0 Å². The van der Waals surface area contributed by atoms with Gasteiger partial charge in [0.25, 0.3) is 0 Å². The highest BCUT2D eigenvalue weighted by Crippen LogP contribution is 2.31. The number of methoxy groups -OCH3 is 1. The highest BCUT2D eigenvalue weighted by molar-refractivity contribution is 5.85. The Balaban J connectivity index is 0.00000218. The molecule has 0 aliphatic carbocycles. The summed E-state index contributed by atoms with van der Waals surface area (Å²) in [4.78, 5) is 9.08. The fraction of sp³-hybridized carbons (Fsp3) is 0.318. The van der Waals surface area contributed by atoms with Gasteiger partial charge in [0.05, 0.1) is 24.7 Å². The lowest BCUT2D eigenvalue weighted by atomic mass is 9.93. The number of nitrogens with one attached hydrogen (secondary N) is 1. The molecular formula is C22H23ClFN5O. The predicted molar refractivity (Wildman–Crippen MR) is 117 cm³/mol. The molecule has 4 heterocycles. The van der Waals surface area contributed by atoms with Crippen LogP contribution in [0.3, 0.4) is 0 Å². The predicted octanol–water partition coefficient (Wildman–Crippen LogP) is 4.29. The van der Waals surface area contributed by atoms with Crippen molar-refractivity contribution in [1.29, 1.82) is 0 Å². The smallest absolute Gasteiger partial charge is 0.196 e. The highest BCUT2D eigenvalue weighted by atomic mass is 35.5. The van der Waals surface area contributed by atoms with E-state index >= 15 is 4.39 Å². The van der Waals surface area contributed by atoms with Crippen LogP contribution in [0.2, 0.25) is 0 Å². The summed E-state index contributed by atoms with van der Waals surface area (Å²) < 4.78 is 22.2. The number of benzene rings is 1. The van der Waals surface area contributed by atoms with Gasteiger partial charge in [0.15, 0.2) is 11.4 Å². The van der Waals surface area contributed by atoms with E-state index in [1.54, 1.807) is 17.7 Å². The zero-order valence-electron chi connectivity index (χ0n) is 16.9. The van der Waals surface area contributed by atoms with Crippen molar-refractivity contribution >= 4 is 29.0 Å². The molecule has 4 aromatic rings. The molecule has 1 aromatic carbocycles. The Kier molecular flexibility index (Phi) is 5.58. The largest absolute Gasteiger partial charge is 0.493 e. The van der Waals surface area contributed by atoms with Crippen LogP contribution in [-0.4, -0.2) is 39.8 Å². The minimum Gasteiger partial charge on any atom is -0.493 e. The van der Waals surface area contributed by atoms with Crippen LogP contribution in [0.4, 0.5) is 4.39 Å². The molecule has 1 aliphatic rings. The number of ether oxygens (including phenoxy) is 1. The maximum atomic E-state index is 15.0. The van der Waals surface area contributed by atoms with E-state index in [4.69, 9.17) is 4.74 Å². The van der Waals surface area contributed by atoms with E-state index in [1.165, 1.54) is 6.07 Å². The standard InChI is InChI=1S/C22H22FN5O.ClH/c1-13-12-28-22(25-13)20(29-2)11-19(27-28)16-9-15-3-4-18(14-5-7-24-8-6-14)26-21(15)17(23)10-16;/h3-4,9-12,14,24H,5-8H2,1-2H3;1H. The van der Waals surface area contributed by atoms with E-state index in [0.717, 1.165) is 42.7 Å². The Morgan fingerprint density at radius 1 is 1.13 bits per heavy atom. The lowest BCUT2D eigenvalue weighted by molar-refractivity contribution is 0.416. The van der Waals surface area contributed by atoms with Crippen molar-refractivity contribution in [2.24, 2.45) is 0 Å². The first-order chi connectivity index (χ1) is 14.1. The van der Waals surface area contributed by atoms with Crippen LogP contribution in [0.1, 0.15) is 30.1 Å². The van der Waals surface area contributed by atoms with Crippen molar-refractivity contribution < 1.29 is 9.13 Å². The molecule has 1 aliphatic heterocycles. The van der Waals surface area contributed by atoms with Gasteiger partial charge in [-0.2, -0.15) is 5.10 Å². The Morgan fingerprint density at radius 3 is 2.70 bits per heavy atom. The molecule has 0 radical (unpaired) electrons. The van der Waals surface area contributed by atoms with Gasteiger partial charge in [-0.3, -0.25) is 0 Å². The van der Waals surface area contributed by atoms with Gasteiger partial charge in [-0.05, 0) is 51.1 Å². The molecule has 156 valence electrons. The SMILES string of the molecule is COc1cc(-c2cc(F)c3nc(C4CCNCC4)ccc3c2)nn2cc(C)nc12.Cl. The fourth-order valence-electron chi connectivity index (χ4n) is 4.05. The molecule has 1 saturated heterocycles. The van der Waals surface area contributed by atoms with Crippen molar-refractivity contribution in [3.8, 4) is 17.0 Å². The Bertz CT molecular complexity index is 1220. The molecule has 3 aromatic heterocycles. The second-order valence-corrected chi connectivity index (χ2v) is 7.54. The number of halogens is 2. The van der Waals surface area contributed by atoms with Crippen molar-refractivity contribution in [2.75, 3.05) is 20.2 Å². The van der Waals surface area contributed by atoms with E-state index < -0.39 is 0 Å². The third kappa shape index (κ3) is 3.59. The molecule has 30 heavy (non-hydrogen) atoms. The van der Waals surface area contributed by atoms with Crippen molar-refractivity contribution in [3.05, 3.63) is 53.7 Å². The van der Waals surface area contributed by atoms with Gasteiger partial charge in [-0.15, -0.1) is 12.4 Å². The van der Waals surface area contributed by atoms with E-state index in [9.17, 15) is 0 Å². The molecule has 8 heteroatoms. The molecule has 6 nitrogen and oxygen atoms in total. The summed E-state index contributed by atoms with van der Waals surface area (Å²) in [7, 11) is 1.59. The summed E-state index contributed by atoms with van der Waals surface area (Å²) in [6, 6.07) is 9.20. The Labute approximate surface area is 179 Å². The molecular weight excluding hydrogens is 405 g/mol. The Morgan fingerprint density at radius 2 is 1.93 bits per heavy atom. The van der Waals surface area contributed by atoms with Gasteiger partial charge in [0.2, 0.25) is 0 Å². The first-order valence-corrected chi connectivity index (χ1v) is 9.84. The van der Waals surface area contributed by atoms with E-state index in [0.29, 0.717) is 34.1 Å². The summed E-state index contributed by atoms with van der Waals surface area (Å²) in [5.74, 6) is 0.650. The number of rotatable bonds is 3. The van der Waals surface area contributed by atoms with Crippen LogP contribution in [0.15, 0.2) is 36.5 Å². The number of piperidine rings is 1. The maximum Gasteiger partial charge on any atom is 0.196 e. The molecule has 1 N–H and O–H groups in total. The van der Waals surface area contributed by atoms with Crippen LogP contribution < -0.4 is 10.1 Å². The van der Waals surface area contributed by atoms with Crippen molar-refractivity contribution in [2.45, 2.75) is 25.7 Å². The van der Waals surface area contributed by atoms with Gasteiger partial charge in [0, 0.05) is 28.6 Å². The van der Waals surface area contributed by atoms with Gasteiger partial charge < -0.3 is 10.1 Å². The van der Waals surface area contributed by atoms with Gasteiger partial charge in [-0.1, -0.05) is 6.07 Å². The third-order valence-electron chi connectivity index (χ3n) is 5.55. The number of aryl methyl sites for hydroxylation is 1. The maximum absolute atomic E-state index is 15.0. The molecule has 0 amide bonds. The normalized spacial score (nSPS) is 14.8. The molecule has 5 rings (SSSR count). The van der Waals surface area contributed by atoms with Gasteiger partial charge in [0.1, 0.15) is 11.3 Å². The zero-order valence-corrected chi connectivity index (χ0v) is 17.7. The highest BCUT2D eigenvalue weighted by Gasteiger charge is 2.18. The van der Waals surface area contributed by atoms with E-state index in [1.807, 2.05) is 31.3 Å². The van der Waals surface area contributed by atoms with Crippen molar-refractivity contribution in [3.63, 3.8) is 0 Å². The number of imidazole rings is 1. The monoisotopic (exact) mass is 427 g/mol. The van der Waals surface area contributed by atoms with Gasteiger partial charge in [-0.25, -0.2) is 18.9 Å². The quantitative estimate of drug-likeness (QED) is 0.528. The number of hydrogen-bond acceptors (Lipinski definition) is 5. The lowest BCUT2D eigenvalue weighted by Gasteiger charge is -2.22. The number of fused-ring (bicyclic) bond motifs is 2. The second kappa shape index (κ2) is 8.16. The molecule has 0 unspecified atom stereocenters. The first kappa shape index (κ1) is 20.5. The number of hydrogen-bond donors (Lipinski definition) is 1. The summed E-state index contributed by atoms with van der Waals surface area (Å²) in [5, 5.41) is 8.71. The average molecular weight is 428 g/mol. The van der Waals surface area contributed by atoms with Crippen LogP contribution in [0.25, 0.3) is 27.8 Å². The summed E-state index contributed by atoms with van der Waals surface area (Å²) >= 11 is 0. The lowest BCUT2D eigenvalue weighted by Crippen LogP contribution is -2.27. The van der Waals surface area contributed by atoms with Crippen molar-refractivity contribution in [1.82, 2.24) is 24.9 Å². The van der Waals surface area contributed by atoms with Crippen LogP contribution in [0.5, 0.6) is 5.75 Å². The summed E-state index contributed by atoms with van der Waals surface area (Å²) in [5.41, 5.74) is 4.17. The molecule has 0 spiro atoms. The summed E-state index contributed by atoms with van der Waals surface area (Å²) in [6.07, 6.45) is 3.89. The minimum absolute atomic E-state index is 0. The number of nitrogens with zero attached hydrogens (tertiary/aromatic N) is 4. The van der Waals surface area contributed by atoms with Crippen LogP contribution in [0, 0.1) is 12.7 Å². The zero-order chi connectivity index (χ0) is 20.0. The first-order valence-electron chi connectivity index (χ1n) is 9.84. The summed E-state index contributed by atoms with van der Waals surface area (Å²) in [6.45, 7) is 3.86. The van der Waals surface area contributed by atoms with Crippen LogP contribution in [-0.2, 0) is 0 Å². The molecule has 1 fully saturated rings. The number of pyridine rings is 1. The molecule has 0 bridgehead atoms. The molecule has 0 saturated carbocycles. The second-order valence-electron chi connectivity index (χ2n) is 7.54. The van der Waals surface area contributed by atoms with E-state index in [2.05, 4.69) is 20.4 Å². The van der Waals surface area contributed by atoms with Crippen LogP contribution >= 0.6 is 12.4 Å². The minimum atomic E-state index is -0.337. The fourth-order valence-corrected chi connectivity index (χ4v) is 4.05. The van der Waals surface area contributed by atoms with E-state index in [-0.39, 0.29) is 18.2 Å². The number of aromatic nitrogens is 4. The topological polar surface area (TPSA) is 64.3 Å².